The van der Waals surface area contributed by atoms with Crippen molar-refractivity contribution in [2.24, 2.45) is 0 Å². The predicted molar refractivity (Wildman–Crippen MR) is 57.9 cm³/mol. The summed E-state index contributed by atoms with van der Waals surface area (Å²) >= 11 is 0. The summed E-state index contributed by atoms with van der Waals surface area (Å²) in [5.74, 6) is 0.567. The first-order chi connectivity index (χ1) is 6.77. The highest BCUT2D eigenvalue weighted by atomic mass is 15.6. The van der Waals surface area contributed by atoms with Gasteiger partial charge in [0.15, 0.2) is 0 Å². The van der Waals surface area contributed by atoms with E-state index in [1.807, 2.05) is 6.20 Å². The number of rotatable bonds is 2. The molecule has 3 nitrogen and oxygen atoms in total. The molecule has 0 fully saturated rings. The maximum absolute atomic E-state index is 3.04. The van der Waals surface area contributed by atoms with E-state index < -0.39 is 0 Å². The minimum absolute atomic E-state index is 0.567. The van der Waals surface area contributed by atoms with Crippen molar-refractivity contribution >= 4 is 5.70 Å². The third-order valence-corrected chi connectivity index (χ3v) is 2.35. The van der Waals surface area contributed by atoms with Gasteiger partial charge in [-0.3, -0.25) is 0 Å². The van der Waals surface area contributed by atoms with Crippen molar-refractivity contribution in [1.82, 2.24) is 16.4 Å². The summed E-state index contributed by atoms with van der Waals surface area (Å²) in [5, 5.41) is 0. The minimum atomic E-state index is 0.567. The lowest BCUT2D eigenvalue weighted by atomic mass is 10.00. The van der Waals surface area contributed by atoms with Crippen LogP contribution in [0.25, 0.3) is 5.70 Å². The molecule has 74 valence electrons. The average molecular weight is 189 g/mol. The third-order valence-electron chi connectivity index (χ3n) is 2.35. The Morgan fingerprint density at radius 1 is 1.21 bits per heavy atom. The van der Waals surface area contributed by atoms with E-state index in [2.05, 4.69) is 54.5 Å². The Hall–Kier alpha value is -1.48. The van der Waals surface area contributed by atoms with Gasteiger partial charge in [0.2, 0.25) is 0 Å². The van der Waals surface area contributed by atoms with Crippen LogP contribution in [0.15, 0.2) is 30.5 Å². The molecule has 2 rings (SSSR count). The molecular formula is C11H15N3. The summed E-state index contributed by atoms with van der Waals surface area (Å²) in [6.45, 7) is 4.40. The zero-order valence-corrected chi connectivity index (χ0v) is 8.46. The van der Waals surface area contributed by atoms with Gasteiger partial charge in [-0.2, -0.15) is 5.53 Å². The van der Waals surface area contributed by atoms with Gasteiger partial charge >= 0.3 is 0 Å². The quantitative estimate of drug-likeness (QED) is 0.663. The summed E-state index contributed by atoms with van der Waals surface area (Å²) in [6, 6.07) is 8.55. The Bertz CT molecular complexity index is 355. The minimum Gasteiger partial charge on any atom is -0.309 e. The van der Waals surface area contributed by atoms with Crippen molar-refractivity contribution in [1.29, 1.82) is 0 Å². The van der Waals surface area contributed by atoms with Crippen LogP contribution in [0.4, 0.5) is 0 Å². The summed E-state index contributed by atoms with van der Waals surface area (Å²) in [6.07, 6.45) is 1.92. The van der Waals surface area contributed by atoms with Gasteiger partial charge < -0.3 is 10.9 Å². The number of hydrogen-bond acceptors (Lipinski definition) is 3. The second-order valence-electron chi connectivity index (χ2n) is 3.73. The largest absolute Gasteiger partial charge is 0.309 e. The van der Waals surface area contributed by atoms with Crippen LogP contribution < -0.4 is 16.4 Å². The molecule has 0 unspecified atom stereocenters. The Morgan fingerprint density at radius 2 is 2.07 bits per heavy atom. The lowest BCUT2D eigenvalue weighted by Crippen LogP contribution is -2.31. The van der Waals surface area contributed by atoms with Gasteiger partial charge in [0.1, 0.15) is 0 Å². The van der Waals surface area contributed by atoms with E-state index in [-0.39, 0.29) is 0 Å². The topological polar surface area (TPSA) is 36.1 Å². The fraction of sp³-hybridized carbons (Fsp3) is 0.273. The number of nitrogens with one attached hydrogen (secondary N) is 3. The first kappa shape index (κ1) is 9.09. The van der Waals surface area contributed by atoms with Crippen molar-refractivity contribution in [2.45, 2.75) is 19.8 Å². The van der Waals surface area contributed by atoms with Crippen molar-refractivity contribution < 1.29 is 0 Å². The lowest BCUT2D eigenvalue weighted by Gasteiger charge is -2.08. The third kappa shape index (κ3) is 1.72. The highest BCUT2D eigenvalue weighted by Gasteiger charge is 2.06. The zero-order valence-electron chi connectivity index (χ0n) is 8.46. The molecule has 3 N–H and O–H groups in total. The van der Waals surface area contributed by atoms with E-state index in [0.717, 1.165) is 5.70 Å². The van der Waals surface area contributed by atoms with Crippen LogP contribution in [-0.4, -0.2) is 0 Å². The van der Waals surface area contributed by atoms with Crippen LogP contribution in [-0.2, 0) is 0 Å². The first-order valence-electron chi connectivity index (χ1n) is 4.84. The maximum Gasteiger partial charge on any atom is 0.0749 e. The molecule has 1 aromatic carbocycles. The number of hydrogen-bond donors (Lipinski definition) is 3. The van der Waals surface area contributed by atoms with E-state index in [4.69, 9.17) is 0 Å². The van der Waals surface area contributed by atoms with Crippen LogP contribution in [0.1, 0.15) is 30.9 Å². The van der Waals surface area contributed by atoms with Gasteiger partial charge in [-0.05, 0) is 17.5 Å². The molecule has 0 spiro atoms. The second-order valence-corrected chi connectivity index (χ2v) is 3.73. The van der Waals surface area contributed by atoms with Crippen molar-refractivity contribution in [2.75, 3.05) is 0 Å². The van der Waals surface area contributed by atoms with Gasteiger partial charge in [0, 0.05) is 11.8 Å². The lowest BCUT2D eigenvalue weighted by molar-refractivity contribution is 0.620. The second kappa shape index (κ2) is 3.72. The van der Waals surface area contributed by atoms with Crippen molar-refractivity contribution in [3.05, 3.63) is 41.6 Å². The molecule has 14 heavy (non-hydrogen) atoms. The standard InChI is InChI=1S/C11H15N3/c1-8(2)9-4-3-5-10(6-9)11-7-12-14-13-11/h3-8,12-14H,1-2H3. The van der Waals surface area contributed by atoms with Crippen LogP contribution in [0.2, 0.25) is 0 Å². The molecule has 0 amide bonds. The fourth-order valence-electron chi connectivity index (χ4n) is 1.47. The van der Waals surface area contributed by atoms with E-state index >= 15 is 0 Å². The monoisotopic (exact) mass is 189 g/mol. The number of hydrazine groups is 2. The highest BCUT2D eigenvalue weighted by molar-refractivity contribution is 5.64. The van der Waals surface area contributed by atoms with Crippen LogP contribution in [0.3, 0.4) is 0 Å². The van der Waals surface area contributed by atoms with Gasteiger partial charge in [0.25, 0.3) is 0 Å². The SMILES string of the molecule is CC(C)c1cccc(C2=CNNN2)c1. The molecule has 1 aliphatic heterocycles. The molecular weight excluding hydrogens is 174 g/mol. The molecule has 1 aliphatic rings. The molecule has 0 saturated heterocycles. The molecule has 0 radical (unpaired) electrons. The maximum atomic E-state index is 3.04. The molecule has 0 atom stereocenters. The molecule has 0 aromatic heterocycles. The Kier molecular flexibility index (Phi) is 2.41. The average Bonchev–Trinajstić information content (AvgIpc) is 2.71. The van der Waals surface area contributed by atoms with Gasteiger partial charge in [0.05, 0.1) is 5.70 Å². The molecule has 3 heteroatoms. The predicted octanol–water partition coefficient (Wildman–Crippen LogP) is 1.72. The van der Waals surface area contributed by atoms with Crippen LogP contribution in [0.5, 0.6) is 0 Å². The normalized spacial score (nSPS) is 14.9. The zero-order chi connectivity index (χ0) is 9.97. The smallest absolute Gasteiger partial charge is 0.0749 e. The summed E-state index contributed by atoms with van der Waals surface area (Å²) in [4.78, 5) is 0. The molecule has 1 heterocycles. The van der Waals surface area contributed by atoms with E-state index in [9.17, 15) is 0 Å². The summed E-state index contributed by atoms with van der Waals surface area (Å²) in [7, 11) is 0. The van der Waals surface area contributed by atoms with Crippen LogP contribution in [0, 0.1) is 0 Å². The van der Waals surface area contributed by atoms with Gasteiger partial charge in [-0.1, -0.05) is 32.0 Å². The Balaban J connectivity index is 2.30. The van der Waals surface area contributed by atoms with Crippen LogP contribution >= 0.6 is 0 Å². The fourth-order valence-corrected chi connectivity index (χ4v) is 1.47. The van der Waals surface area contributed by atoms with Gasteiger partial charge in [-0.15, -0.1) is 0 Å². The summed E-state index contributed by atoms with van der Waals surface area (Å²) in [5.41, 5.74) is 12.4. The van der Waals surface area contributed by atoms with Gasteiger partial charge in [-0.25, -0.2) is 0 Å². The summed E-state index contributed by atoms with van der Waals surface area (Å²) < 4.78 is 0. The molecule has 0 aliphatic carbocycles. The Morgan fingerprint density at radius 3 is 2.71 bits per heavy atom. The van der Waals surface area contributed by atoms with E-state index in [0.29, 0.717) is 5.92 Å². The first-order valence-corrected chi connectivity index (χ1v) is 4.84. The number of benzene rings is 1. The molecule has 0 saturated carbocycles. The van der Waals surface area contributed by atoms with Crippen molar-refractivity contribution in [3.8, 4) is 0 Å². The molecule has 1 aromatic rings. The highest BCUT2D eigenvalue weighted by Crippen LogP contribution is 2.19. The molecule has 0 bridgehead atoms. The van der Waals surface area contributed by atoms with E-state index in [1.165, 1.54) is 11.1 Å². The van der Waals surface area contributed by atoms with E-state index in [1.54, 1.807) is 0 Å². The van der Waals surface area contributed by atoms with Crippen molar-refractivity contribution in [3.63, 3.8) is 0 Å². The Labute approximate surface area is 84.2 Å².